The summed E-state index contributed by atoms with van der Waals surface area (Å²) in [5.41, 5.74) is 3.03. The minimum Gasteiger partial charge on any atom is -0.449 e. The summed E-state index contributed by atoms with van der Waals surface area (Å²) in [4.78, 5) is 12.6. The molecule has 0 fully saturated rings. The maximum Gasteiger partial charge on any atom is 0.248 e. The normalized spacial score (nSPS) is 24.5. The zero-order chi connectivity index (χ0) is 16.7. The molecule has 2 aromatic rings. The van der Waals surface area contributed by atoms with E-state index in [2.05, 4.69) is 15.5 Å². The molecule has 0 saturated carbocycles. The van der Waals surface area contributed by atoms with Gasteiger partial charge in [-0.05, 0) is 30.5 Å². The number of aryl methyl sites for hydroxylation is 1. The quantitative estimate of drug-likeness (QED) is 0.908. The highest BCUT2D eigenvalue weighted by Gasteiger charge is 2.35. The average molecular weight is 327 g/mol. The van der Waals surface area contributed by atoms with Crippen molar-refractivity contribution in [3.8, 4) is 11.5 Å². The van der Waals surface area contributed by atoms with E-state index in [0.29, 0.717) is 12.2 Å². The molecule has 0 unspecified atom stereocenters. The molecule has 24 heavy (non-hydrogen) atoms. The third-order valence-electron chi connectivity index (χ3n) is 4.90. The van der Waals surface area contributed by atoms with E-state index in [1.807, 2.05) is 38.2 Å². The van der Waals surface area contributed by atoms with Gasteiger partial charge in [0, 0.05) is 43.1 Å². The van der Waals surface area contributed by atoms with Gasteiger partial charge in [-0.1, -0.05) is 6.92 Å². The number of hydrogen-bond acceptors (Lipinski definition) is 4. The Bertz CT molecular complexity index is 786. The molecule has 0 saturated heterocycles. The molecule has 0 radical (unpaired) electrons. The third kappa shape index (κ3) is 2.62. The van der Waals surface area contributed by atoms with Crippen molar-refractivity contribution in [3.63, 3.8) is 0 Å². The summed E-state index contributed by atoms with van der Waals surface area (Å²) in [5, 5.41) is 10.0. The zero-order valence-corrected chi connectivity index (χ0v) is 13.9. The first kappa shape index (κ1) is 15.1. The van der Waals surface area contributed by atoms with Gasteiger partial charge in [0.1, 0.15) is 0 Å². The number of H-pyrrole nitrogens is 1. The SMILES string of the molecule is CC[C@@]1(C)Oc2ccc(NC(=O)[C@H]3CCc4cn[nH]c4C3)cc2O1. The van der Waals surface area contributed by atoms with Crippen LogP contribution in [-0.2, 0) is 17.6 Å². The molecule has 2 atom stereocenters. The number of anilines is 1. The van der Waals surface area contributed by atoms with Crippen molar-refractivity contribution in [3.05, 3.63) is 35.7 Å². The molecule has 126 valence electrons. The highest BCUT2D eigenvalue weighted by Crippen LogP contribution is 2.42. The highest BCUT2D eigenvalue weighted by atomic mass is 16.7. The number of fused-ring (bicyclic) bond motifs is 2. The van der Waals surface area contributed by atoms with E-state index in [9.17, 15) is 4.79 Å². The van der Waals surface area contributed by atoms with Crippen molar-refractivity contribution in [2.75, 3.05) is 5.32 Å². The number of ether oxygens (including phenoxy) is 2. The molecule has 6 nitrogen and oxygen atoms in total. The predicted octanol–water partition coefficient (Wildman–Crippen LogP) is 3.05. The van der Waals surface area contributed by atoms with Crippen LogP contribution in [0.15, 0.2) is 24.4 Å². The number of aromatic amines is 1. The molecule has 6 heteroatoms. The van der Waals surface area contributed by atoms with Gasteiger partial charge in [0.2, 0.25) is 11.7 Å². The van der Waals surface area contributed by atoms with Crippen LogP contribution in [-0.4, -0.2) is 21.9 Å². The summed E-state index contributed by atoms with van der Waals surface area (Å²) in [7, 11) is 0. The maximum atomic E-state index is 12.6. The smallest absolute Gasteiger partial charge is 0.248 e. The maximum absolute atomic E-state index is 12.6. The van der Waals surface area contributed by atoms with Gasteiger partial charge in [0.15, 0.2) is 11.5 Å². The Balaban J connectivity index is 1.45. The van der Waals surface area contributed by atoms with E-state index in [4.69, 9.17) is 9.47 Å². The minimum atomic E-state index is -0.620. The molecule has 1 aromatic heterocycles. The standard InChI is InChI=1S/C18H21N3O3/c1-3-18(2)23-15-7-6-13(9-16(15)24-18)20-17(22)11-4-5-12-10-19-21-14(12)8-11/h6-7,9-11H,3-5,8H2,1-2H3,(H,19,21)(H,20,22)/t11-,18-/m0/s1. The molecule has 1 aliphatic heterocycles. The molecular weight excluding hydrogens is 306 g/mol. The minimum absolute atomic E-state index is 0.0346. The van der Waals surface area contributed by atoms with E-state index in [0.717, 1.165) is 36.4 Å². The number of benzene rings is 1. The lowest BCUT2D eigenvalue weighted by Gasteiger charge is -2.21. The lowest BCUT2D eigenvalue weighted by atomic mass is 9.87. The number of aromatic nitrogens is 2. The van der Waals surface area contributed by atoms with Crippen molar-refractivity contribution in [1.29, 1.82) is 0 Å². The summed E-state index contributed by atoms with van der Waals surface area (Å²) < 4.78 is 11.7. The van der Waals surface area contributed by atoms with Crippen LogP contribution in [0.5, 0.6) is 11.5 Å². The molecule has 2 N–H and O–H groups in total. The van der Waals surface area contributed by atoms with Crippen molar-refractivity contribution < 1.29 is 14.3 Å². The fourth-order valence-corrected chi connectivity index (χ4v) is 3.26. The molecule has 1 amide bonds. The summed E-state index contributed by atoms with van der Waals surface area (Å²) in [5.74, 6) is 0.774. The Morgan fingerprint density at radius 3 is 3.08 bits per heavy atom. The number of carbonyl (C=O) groups excluding carboxylic acids is 1. The molecule has 2 aliphatic rings. The van der Waals surface area contributed by atoms with Crippen LogP contribution in [0, 0.1) is 5.92 Å². The Kier molecular flexibility index (Phi) is 3.48. The number of nitrogens with one attached hydrogen (secondary N) is 2. The van der Waals surface area contributed by atoms with E-state index in [1.165, 1.54) is 5.56 Å². The second kappa shape index (κ2) is 5.54. The van der Waals surface area contributed by atoms with Crippen LogP contribution < -0.4 is 14.8 Å². The number of hydrogen-bond donors (Lipinski definition) is 2. The van der Waals surface area contributed by atoms with E-state index >= 15 is 0 Å². The van der Waals surface area contributed by atoms with Crippen LogP contribution >= 0.6 is 0 Å². The fraction of sp³-hybridized carbons (Fsp3) is 0.444. The van der Waals surface area contributed by atoms with Crippen LogP contribution in [0.4, 0.5) is 5.69 Å². The first-order valence-corrected chi connectivity index (χ1v) is 8.40. The van der Waals surface area contributed by atoms with Gasteiger partial charge in [-0.2, -0.15) is 5.10 Å². The summed E-state index contributed by atoms with van der Waals surface area (Å²) in [6.07, 6.45) is 5.04. The number of carbonyl (C=O) groups is 1. The van der Waals surface area contributed by atoms with Gasteiger partial charge in [0.25, 0.3) is 0 Å². The first-order valence-electron chi connectivity index (χ1n) is 8.40. The largest absolute Gasteiger partial charge is 0.449 e. The lowest BCUT2D eigenvalue weighted by molar-refractivity contribution is -0.120. The van der Waals surface area contributed by atoms with Crippen LogP contribution in [0.2, 0.25) is 0 Å². The number of nitrogens with zero attached hydrogens (tertiary/aromatic N) is 1. The van der Waals surface area contributed by atoms with Gasteiger partial charge >= 0.3 is 0 Å². The average Bonchev–Trinajstić information content (AvgIpc) is 3.17. The van der Waals surface area contributed by atoms with Crippen molar-refractivity contribution in [2.24, 2.45) is 5.92 Å². The van der Waals surface area contributed by atoms with E-state index in [1.54, 1.807) is 0 Å². The molecule has 1 aliphatic carbocycles. The van der Waals surface area contributed by atoms with Crippen LogP contribution in [0.3, 0.4) is 0 Å². The van der Waals surface area contributed by atoms with Gasteiger partial charge in [-0.15, -0.1) is 0 Å². The molecule has 2 heterocycles. The third-order valence-corrected chi connectivity index (χ3v) is 4.90. The molecule has 0 bridgehead atoms. The first-order chi connectivity index (χ1) is 11.6. The highest BCUT2D eigenvalue weighted by molar-refractivity contribution is 5.93. The van der Waals surface area contributed by atoms with Gasteiger partial charge in [-0.25, -0.2) is 0 Å². The predicted molar refractivity (Wildman–Crippen MR) is 89.1 cm³/mol. The summed E-state index contributed by atoms with van der Waals surface area (Å²) in [6.45, 7) is 3.93. The van der Waals surface area contributed by atoms with Gasteiger partial charge in [0.05, 0.1) is 6.20 Å². The topological polar surface area (TPSA) is 76.2 Å². The Hall–Kier alpha value is -2.50. The molecule has 4 rings (SSSR count). The van der Waals surface area contributed by atoms with Crippen LogP contribution in [0.25, 0.3) is 0 Å². The summed E-state index contributed by atoms with van der Waals surface area (Å²) in [6, 6.07) is 5.53. The Labute approximate surface area is 140 Å². The zero-order valence-electron chi connectivity index (χ0n) is 13.9. The second-order valence-corrected chi connectivity index (χ2v) is 6.66. The van der Waals surface area contributed by atoms with Crippen molar-refractivity contribution in [1.82, 2.24) is 10.2 Å². The van der Waals surface area contributed by atoms with Gasteiger partial charge < -0.3 is 14.8 Å². The monoisotopic (exact) mass is 327 g/mol. The molecular formula is C18H21N3O3. The van der Waals surface area contributed by atoms with E-state index in [-0.39, 0.29) is 11.8 Å². The molecule has 1 aromatic carbocycles. The van der Waals surface area contributed by atoms with E-state index < -0.39 is 5.79 Å². The molecule has 0 spiro atoms. The second-order valence-electron chi connectivity index (χ2n) is 6.66. The number of rotatable bonds is 3. The Morgan fingerprint density at radius 2 is 2.25 bits per heavy atom. The number of amides is 1. The van der Waals surface area contributed by atoms with Crippen LogP contribution in [0.1, 0.15) is 37.9 Å². The Morgan fingerprint density at radius 1 is 1.42 bits per heavy atom. The fourth-order valence-electron chi connectivity index (χ4n) is 3.26. The van der Waals surface area contributed by atoms with Crippen molar-refractivity contribution >= 4 is 11.6 Å². The lowest BCUT2D eigenvalue weighted by Crippen LogP contribution is -2.33. The summed E-state index contributed by atoms with van der Waals surface area (Å²) >= 11 is 0. The van der Waals surface area contributed by atoms with Crippen molar-refractivity contribution in [2.45, 2.75) is 45.3 Å². The van der Waals surface area contributed by atoms with Gasteiger partial charge in [-0.3, -0.25) is 9.89 Å².